The van der Waals surface area contributed by atoms with Crippen molar-refractivity contribution < 1.29 is 14.3 Å². The Labute approximate surface area is 194 Å². The van der Waals surface area contributed by atoms with E-state index >= 15 is 0 Å². The number of hydrogen-bond acceptors (Lipinski definition) is 6. The molecule has 0 saturated carbocycles. The maximum absolute atomic E-state index is 13.4. The molecule has 2 aromatic carbocycles. The number of amides is 1. The van der Waals surface area contributed by atoms with Crippen molar-refractivity contribution in [2.45, 2.75) is 19.4 Å². The summed E-state index contributed by atoms with van der Waals surface area (Å²) in [5.41, 5.74) is 1.47. The van der Waals surface area contributed by atoms with Crippen LogP contribution in [-0.2, 0) is 11.3 Å². The third kappa shape index (κ3) is 4.15. The first-order chi connectivity index (χ1) is 16.1. The molecule has 8 heteroatoms. The van der Waals surface area contributed by atoms with Gasteiger partial charge in [0.2, 0.25) is 6.79 Å². The zero-order chi connectivity index (χ0) is 22.8. The van der Waals surface area contributed by atoms with E-state index in [2.05, 4.69) is 6.07 Å². The Bertz CT molecular complexity index is 1430. The Morgan fingerprint density at radius 2 is 1.85 bits per heavy atom. The zero-order valence-electron chi connectivity index (χ0n) is 17.8. The lowest BCUT2D eigenvalue weighted by molar-refractivity contribution is -0.123. The van der Waals surface area contributed by atoms with E-state index in [9.17, 15) is 14.9 Å². The summed E-state index contributed by atoms with van der Waals surface area (Å²) in [4.78, 5) is 28.2. The fourth-order valence-corrected chi connectivity index (χ4v) is 5.13. The van der Waals surface area contributed by atoms with Crippen LogP contribution in [0.1, 0.15) is 24.0 Å². The number of carbonyl (C=O) groups is 1. The Morgan fingerprint density at radius 1 is 1.09 bits per heavy atom. The highest BCUT2D eigenvalue weighted by Gasteiger charge is 2.24. The molecule has 33 heavy (non-hydrogen) atoms. The lowest BCUT2D eigenvalue weighted by Gasteiger charge is -2.14. The Kier molecular flexibility index (Phi) is 5.71. The number of aromatic nitrogens is 1. The molecule has 0 aliphatic carbocycles. The molecular weight excluding hydrogens is 438 g/mol. The summed E-state index contributed by atoms with van der Waals surface area (Å²) in [5, 5.41) is 9.91. The standard InChI is InChI=1S/C25H21N3O4S/c26-14-19(23(29)27-10-4-5-11-27)25-28(15-17-6-2-1-3-7-17)24(30)22(33-25)13-18-8-9-20-21(12-18)32-16-31-20/h1-3,6-9,12-13H,4-5,10-11,15-16H2/b22-13-,25-19+. The van der Waals surface area contributed by atoms with Crippen LogP contribution in [0, 0.1) is 11.3 Å². The molecule has 1 fully saturated rings. The van der Waals surface area contributed by atoms with E-state index in [1.807, 2.05) is 42.5 Å². The summed E-state index contributed by atoms with van der Waals surface area (Å²) >= 11 is 1.17. The van der Waals surface area contributed by atoms with Gasteiger partial charge in [0.15, 0.2) is 17.1 Å². The highest BCUT2D eigenvalue weighted by atomic mass is 32.1. The van der Waals surface area contributed by atoms with Gasteiger partial charge < -0.3 is 14.4 Å². The van der Waals surface area contributed by atoms with Gasteiger partial charge in [0.05, 0.1) is 11.1 Å². The molecular formula is C25H21N3O4S. The Hall–Kier alpha value is -3.83. The van der Waals surface area contributed by atoms with Crippen LogP contribution >= 0.6 is 11.3 Å². The SMILES string of the molecule is N#C/C(C(=O)N1CCCC1)=c1\s/c(=C\c2ccc3c(c2)OCO3)c(=O)n1Cc1ccccc1. The maximum atomic E-state index is 13.4. The van der Waals surface area contributed by atoms with E-state index in [-0.39, 0.29) is 30.4 Å². The van der Waals surface area contributed by atoms with E-state index in [1.165, 1.54) is 15.9 Å². The van der Waals surface area contributed by atoms with E-state index < -0.39 is 0 Å². The summed E-state index contributed by atoms with van der Waals surface area (Å²) in [6.45, 7) is 1.72. The quantitative estimate of drug-likeness (QED) is 0.594. The second-order valence-corrected chi connectivity index (χ2v) is 8.92. The van der Waals surface area contributed by atoms with Crippen LogP contribution in [-0.4, -0.2) is 35.3 Å². The fourth-order valence-electron chi connectivity index (χ4n) is 4.03. The van der Waals surface area contributed by atoms with Gasteiger partial charge in [0, 0.05) is 13.1 Å². The van der Waals surface area contributed by atoms with Crippen molar-refractivity contribution in [3.8, 4) is 17.6 Å². The number of fused-ring (bicyclic) bond motifs is 1. The number of rotatable bonds is 4. The monoisotopic (exact) mass is 459 g/mol. The van der Waals surface area contributed by atoms with Crippen LogP contribution in [0.5, 0.6) is 11.5 Å². The van der Waals surface area contributed by atoms with Crippen molar-refractivity contribution in [3.63, 3.8) is 0 Å². The Morgan fingerprint density at radius 3 is 2.61 bits per heavy atom. The average molecular weight is 460 g/mol. The fraction of sp³-hybridized carbons (Fsp3) is 0.240. The second-order valence-electron chi connectivity index (χ2n) is 7.89. The molecule has 0 unspecified atom stereocenters. The van der Waals surface area contributed by atoms with Crippen LogP contribution in [0.4, 0.5) is 0 Å². The van der Waals surface area contributed by atoms with Gasteiger partial charge in [-0.05, 0) is 42.2 Å². The molecule has 3 aromatic rings. The maximum Gasteiger partial charge on any atom is 0.269 e. The molecule has 0 spiro atoms. The van der Waals surface area contributed by atoms with Gasteiger partial charge in [-0.1, -0.05) is 36.4 Å². The van der Waals surface area contributed by atoms with Crippen LogP contribution in [0.3, 0.4) is 0 Å². The zero-order valence-corrected chi connectivity index (χ0v) is 18.6. The van der Waals surface area contributed by atoms with E-state index in [0.717, 1.165) is 24.0 Å². The van der Waals surface area contributed by atoms with E-state index in [0.29, 0.717) is 33.8 Å². The topological polar surface area (TPSA) is 84.6 Å². The number of carbonyl (C=O) groups excluding carboxylic acids is 1. The molecule has 1 amide bonds. The number of nitriles is 1. The molecule has 0 atom stereocenters. The summed E-state index contributed by atoms with van der Waals surface area (Å²) in [6, 6.07) is 17.1. The highest BCUT2D eigenvalue weighted by Crippen LogP contribution is 2.32. The number of likely N-dealkylation sites (tertiary alicyclic amines) is 1. The summed E-state index contributed by atoms with van der Waals surface area (Å²) in [6.07, 6.45) is 3.61. The third-order valence-electron chi connectivity index (χ3n) is 5.72. The minimum atomic E-state index is -0.312. The minimum Gasteiger partial charge on any atom is -0.454 e. The molecule has 5 rings (SSSR count). The van der Waals surface area contributed by atoms with Gasteiger partial charge in [0.1, 0.15) is 10.7 Å². The molecule has 1 saturated heterocycles. The van der Waals surface area contributed by atoms with Gasteiger partial charge in [-0.3, -0.25) is 14.2 Å². The van der Waals surface area contributed by atoms with Gasteiger partial charge in [-0.2, -0.15) is 5.26 Å². The average Bonchev–Trinajstić information content (AvgIpc) is 3.58. The third-order valence-corrected chi connectivity index (χ3v) is 6.85. The second kappa shape index (κ2) is 8.96. The summed E-state index contributed by atoms with van der Waals surface area (Å²) < 4.78 is 13.2. The molecule has 0 radical (unpaired) electrons. The molecule has 3 heterocycles. The van der Waals surface area contributed by atoms with Crippen LogP contribution in [0.25, 0.3) is 11.6 Å². The van der Waals surface area contributed by atoms with Crippen molar-refractivity contribution in [2.75, 3.05) is 19.9 Å². The van der Waals surface area contributed by atoms with Crippen molar-refractivity contribution in [1.82, 2.24) is 9.47 Å². The predicted molar refractivity (Wildman–Crippen MR) is 124 cm³/mol. The molecule has 1 aromatic heterocycles. The minimum absolute atomic E-state index is 0.0141. The normalized spacial score (nSPS) is 16.1. The van der Waals surface area contributed by atoms with Crippen molar-refractivity contribution in [2.24, 2.45) is 0 Å². The van der Waals surface area contributed by atoms with E-state index in [1.54, 1.807) is 17.0 Å². The molecule has 0 N–H and O–H groups in total. The smallest absolute Gasteiger partial charge is 0.269 e. The lowest BCUT2D eigenvalue weighted by atomic mass is 10.2. The largest absolute Gasteiger partial charge is 0.454 e. The first-order valence-corrected chi connectivity index (χ1v) is 11.5. The number of ether oxygens (including phenoxy) is 2. The van der Waals surface area contributed by atoms with Crippen molar-refractivity contribution in [1.29, 1.82) is 5.26 Å². The first kappa shape index (κ1) is 21.0. The predicted octanol–water partition coefficient (Wildman–Crippen LogP) is 1.81. The van der Waals surface area contributed by atoms with Crippen LogP contribution < -0.4 is 24.2 Å². The van der Waals surface area contributed by atoms with Crippen LogP contribution in [0.15, 0.2) is 53.3 Å². The lowest BCUT2D eigenvalue weighted by Crippen LogP contribution is -2.36. The molecule has 2 aliphatic rings. The number of thiazole rings is 1. The summed E-state index contributed by atoms with van der Waals surface area (Å²) in [7, 11) is 0. The van der Waals surface area contributed by atoms with Gasteiger partial charge in [-0.25, -0.2) is 0 Å². The van der Waals surface area contributed by atoms with Crippen molar-refractivity contribution in [3.05, 3.63) is 79.2 Å². The van der Waals surface area contributed by atoms with Gasteiger partial charge >= 0.3 is 0 Å². The van der Waals surface area contributed by atoms with Crippen LogP contribution in [0.2, 0.25) is 0 Å². The highest BCUT2D eigenvalue weighted by molar-refractivity contribution is 7.07. The molecule has 166 valence electrons. The number of nitrogens with zero attached hydrogens (tertiary/aromatic N) is 3. The first-order valence-electron chi connectivity index (χ1n) is 10.7. The molecule has 2 aliphatic heterocycles. The molecule has 7 nitrogen and oxygen atoms in total. The van der Waals surface area contributed by atoms with Crippen molar-refractivity contribution >= 4 is 28.9 Å². The van der Waals surface area contributed by atoms with E-state index in [4.69, 9.17) is 9.47 Å². The summed E-state index contributed by atoms with van der Waals surface area (Å²) in [5.74, 6) is 0.975. The number of hydrogen-bond donors (Lipinski definition) is 0. The Balaban J connectivity index is 1.68. The number of benzene rings is 2. The molecule has 0 bridgehead atoms. The van der Waals surface area contributed by atoms with Gasteiger partial charge in [0.25, 0.3) is 11.5 Å². The van der Waals surface area contributed by atoms with Gasteiger partial charge in [-0.15, -0.1) is 11.3 Å².